The summed E-state index contributed by atoms with van der Waals surface area (Å²) in [6, 6.07) is 22.9. The largest absolute Gasteiger partial charge is 0.337 e. The topological polar surface area (TPSA) is 92.0 Å². The molecule has 5 rings (SSSR count). The Morgan fingerprint density at radius 1 is 1.08 bits per heavy atom. The maximum atomic E-state index is 13.9. The van der Waals surface area contributed by atoms with E-state index in [-0.39, 0.29) is 11.9 Å². The zero-order valence-corrected chi connectivity index (χ0v) is 23.6. The summed E-state index contributed by atoms with van der Waals surface area (Å²) in [7, 11) is 5.31. The molecule has 1 saturated heterocycles. The van der Waals surface area contributed by atoms with Gasteiger partial charge >= 0.3 is 6.03 Å². The highest BCUT2D eigenvalue weighted by atomic mass is 32.2. The number of hydrogen-bond donors (Lipinski definition) is 1. The van der Waals surface area contributed by atoms with Crippen molar-refractivity contribution < 1.29 is 9.59 Å². The Labute approximate surface area is 236 Å². The lowest BCUT2D eigenvalue weighted by Gasteiger charge is -2.17. The molecule has 0 aliphatic carbocycles. The van der Waals surface area contributed by atoms with Gasteiger partial charge in [-0.25, -0.2) is 9.79 Å². The van der Waals surface area contributed by atoms with Crippen molar-refractivity contribution in [3.8, 4) is 6.07 Å². The maximum Gasteiger partial charge on any atom is 0.321 e. The first-order valence-electron chi connectivity index (χ1n) is 12.2. The molecule has 2 aliphatic rings. The van der Waals surface area contributed by atoms with Crippen molar-refractivity contribution in [1.29, 1.82) is 5.26 Å². The lowest BCUT2D eigenvalue weighted by atomic mass is 10.1. The van der Waals surface area contributed by atoms with Crippen molar-refractivity contribution >= 4 is 57.7 Å². The number of aliphatic imine (C=N–C) groups is 1. The van der Waals surface area contributed by atoms with Crippen LogP contribution in [0.4, 0.5) is 21.9 Å². The molecule has 196 valence electrons. The molecular weight excluding hydrogens is 528 g/mol. The van der Waals surface area contributed by atoms with E-state index in [0.29, 0.717) is 33.6 Å². The molecule has 0 aromatic heterocycles. The highest BCUT2D eigenvalue weighted by Crippen LogP contribution is 2.51. The molecule has 10 heteroatoms. The molecule has 1 fully saturated rings. The molecule has 39 heavy (non-hydrogen) atoms. The smallest absolute Gasteiger partial charge is 0.321 e. The highest BCUT2D eigenvalue weighted by Gasteiger charge is 2.39. The number of amidine groups is 1. The summed E-state index contributed by atoms with van der Waals surface area (Å²) in [5, 5.41) is 13.6. The van der Waals surface area contributed by atoms with Crippen LogP contribution < -0.4 is 10.2 Å². The maximum absolute atomic E-state index is 13.9. The van der Waals surface area contributed by atoms with E-state index in [1.807, 2.05) is 73.5 Å². The summed E-state index contributed by atoms with van der Waals surface area (Å²) in [6.07, 6.45) is 0. The van der Waals surface area contributed by atoms with Crippen molar-refractivity contribution in [2.24, 2.45) is 4.99 Å². The standard InChI is InChI=1S/C29H26N6O2S2/c1-18-10-11-20(16-30)14-22(18)32-29-35(17-19-8-6-5-7-9-19)26(36)25(39-29)27-34(4)23-13-12-21(15-24(23)38-27)31-28(37)33(2)3/h5-15H,17H2,1-4H3,(H,31,37). The zero-order valence-electron chi connectivity index (χ0n) is 21.9. The monoisotopic (exact) mass is 554 g/mol. The van der Waals surface area contributed by atoms with Crippen LogP contribution >= 0.6 is 23.5 Å². The number of carbonyl (C=O) groups excluding carboxylic acids is 2. The van der Waals surface area contributed by atoms with Gasteiger partial charge in [0.15, 0.2) is 5.17 Å². The fraction of sp³-hybridized carbons (Fsp3) is 0.172. The van der Waals surface area contributed by atoms with Gasteiger partial charge in [0.2, 0.25) is 0 Å². The fourth-order valence-electron chi connectivity index (χ4n) is 4.09. The number of rotatable bonds is 4. The number of carbonyl (C=O) groups is 2. The first-order chi connectivity index (χ1) is 18.7. The highest BCUT2D eigenvalue weighted by molar-refractivity contribution is 8.19. The second-order valence-electron chi connectivity index (χ2n) is 9.29. The molecule has 3 aromatic carbocycles. The first kappa shape index (κ1) is 26.4. The SMILES string of the molecule is Cc1ccc(C#N)cc1N=C1SC(=C2Sc3cc(NC(=O)N(C)C)ccc3N2C)C(=O)N1Cc1ccccc1. The number of aryl methyl sites for hydroxylation is 1. The van der Waals surface area contributed by atoms with Crippen LogP contribution in [0.3, 0.4) is 0 Å². The summed E-state index contributed by atoms with van der Waals surface area (Å²) in [4.78, 5) is 37.6. The van der Waals surface area contributed by atoms with Gasteiger partial charge in [-0.3, -0.25) is 9.69 Å². The van der Waals surface area contributed by atoms with Crippen LogP contribution in [0, 0.1) is 18.3 Å². The quantitative estimate of drug-likeness (QED) is 0.390. The van der Waals surface area contributed by atoms with E-state index in [4.69, 9.17) is 4.99 Å². The molecule has 0 bridgehead atoms. The summed E-state index contributed by atoms with van der Waals surface area (Å²) in [6.45, 7) is 2.31. The number of thioether (sulfide) groups is 2. The van der Waals surface area contributed by atoms with Crippen LogP contribution in [0.15, 0.2) is 86.6 Å². The molecule has 8 nitrogen and oxygen atoms in total. The van der Waals surface area contributed by atoms with Gasteiger partial charge in [-0.05, 0) is 60.1 Å². The van der Waals surface area contributed by atoms with E-state index >= 15 is 0 Å². The van der Waals surface area contributed by atoms with Gasteiger partial charge in [0.1, 0.15) is 4.91 Å². The van der Waals surface area contributed by atoms with Crippen molar-refractivity contribution in [3.63, 3.8) is 0 Å². The van der Waals surface area contributed by atoms with Crippen LogP contribution in [0.1, 0.15) is 16.7 Å². The lowest BCUT2D eigenvalue weighted by Crippen LogP contribution is -2.29. The van der Waals surface area contributed by atoms with Crippen LogP contribution in [0.25, 0.3) is 0 Å². The van der Waals surface area contributed by atoms with E-state index in [1.165, 1.54) is 28.4 Å². The van der Waals surface area contributed by atoms with Gasteiger partial charge in [0, 0.05) is 31.7 Å². The Hall–Kier alpha value is -4.20. The molecule has 1 N–H and O–H groups in total. The molecule has 0 unspecified atom stereocenters. The summed E-state index contributed by atoms with van der Waals surface area (Å²) in [5.41, 5.74) is 4.72. The summed E-state index contributed by atoms with van der Waals surface area (Å²) < 4.78 is 0. The number of amides is 3. The molecule has 3 aromatic rings. The van der Waals surface area contributed by atoms with E-state index < -0.39 is 0 Å². The molecule has 3 amide bonds. The van der Waals surface area contributed by atoms with Gasteiger partial charge in [0.25, 0.3) is 5.91 Å². The number of nitriles is 1. The molecule has 0 radical (unpaired) electrons. The van der Waals surface area contributed by atoms with Crippen LogP contribution in [-0.2, 0) is 11.3 Å². The van der Waals surface area contributed by atoms with Crippen LogP contribution in [-0.4, -0.2) is 48.0 Å². The molecule has 0 spiro atoms. The number of nitrogens with one attached hydrogen (secondary N) is 1. The molecule has 2 aliphatic heterocycles. The minimum atomic E-state index is -0.209. The number of urea groups is 1. The Balaban J connectivity index is 1.52. The van der Waals surface area contributed by atoms with Crippen molar-refractivity contribution in [2.75, 3.05) is 31.4 Å². The minimum Gasteiger partial charge on any atom is -0.337 e. The number of anilines is 2. The van der Waals surface area contributed by atoms with Crippen molar-refractivity contribution in [1.82, 2.24) is 9.80 Å². The normalized spacial score (nSPS) is 17.4. The van der Waals surface area contributed by atoms with Gasteiger partial charge in [-0.15, -0.1) is 0 Å². The average molecular weight is 555 g/mol. The predicted molar refractivity (Wildman–Crippen MR) is 158 cm³/mol. The number of benzene rings is 3. The zero-order chi connectivity index (χ0) is 27.7. The van der Waals surface area contributed by atoms with Crippen LogP contribution in [0.2, 0.25) is 0 Å². The lowest BCUT2D eigenvalue weighted by molar-refractivity contribution is -0.122. The van der Waals surface area contributed by atoms with E-state index in [9.17, 15) is 14.9 Å². The van der Waals surface area contributed by atoms with E-state index in [0.717, 1.165) is 26.7 Å². The minimum absolute atomic E-state index is 0.125. The Bertz CT molecular complexity index is 1580. The van der Waals surface area contributed by atoms with Gasteiger partial charge in [-0.2, -0.15) is 5.26 Å². The number of nitrogens with zero attached hydrogens (tertiary/aromatic N) is 5. The van der Waals surface area contributed by atoms with Crippen molar-refractivity contribution in [2.45, 2.75) is 18.4 Å². The van der Waals surface area contributed by atoms with E-state index in [1.54, 1.807) is 31.1 Å². The summed E-state index contributed by atoms with van der Waals surface area (Å²) >= 11 is 2.83. The van der Waals surface area contributed by atoms with E-state index in [2.05, 4.69) is 11.4 Å². The van der Waals surface area contributed by atoms with Gasteiger partial charge in [-0.1, -0.05) is 48.2 Å². The Kier molecular flexibility index (Phi) is 7.37. The van der Waals surface area contributed by atoms with Gasteiger partial charge < -0.3 is 15.1 Å². The molecular formula is C29H26N6O2S2. The third-order valence-electron chi connectivity index (χ3n) is 6.29. The first-order valence-corrected chi connectivity index (χ1v) is 13.8. The summed E-state index contributed by atoms with van der Waals surface area (Å²) in [5.74, 6) is -0.125. The van der Waals surface area contributed by atoms with Crippen LogP contribution in [0.5, 0.6) is 0 Å². The molecule has 2 heterocycles. The number of hydrogen-bond acceptors (Lipinski definition) is 7. The molecule has 0 atom stereocenters. The predicted octanol–water partition coefficient (Wildman–Crippen LogP) is 6.13. The Morgan fingerprint density at radius 3 is 2.56 bits per heavy atom. The Morgan fingerprint density at radius 2 is 1.85 bits per heavy atom. The third-order valence-corrected chi connectivity index (χ3v) is 8.70. The second kappa shape index (κ2) is 10.9. The number of fused-ring (bicyclic) bond motifs is 1. The second-order valence-corrected chi connectivity index (χ2v) is 11.3. The average Bonchev–Trinajstić information content (AvgIpc) is 3.41. The molecule has 0 saturated carbocycles. The van der Waals surface area contributed by atoms with Crippen molar-refractivity contribution in [3.05, 3.63) is 93.4 Å². The third kappa shape index (κ3) is 5.37. The van der Waals surface area contributed by atoms with Gasteiger partial charge in [0.05, 0.1) is 34.6 Å². The fourth-order valence-corrected chi connectivity index (χ4v) is 6.47.